The molecule has 1 N–H and O–H groups in total. The number of ether oxygens (including phenoxy) is 1. The summed E-state index contributed by atoms with van der Waals surface area (Å²) in [6.07, 6.45) is 8.77. The van der Waals surface area contributed by atoms with Gasteiger partial charge in [0.1, 0.15) is 11.6 Å². The minimum absolute atomic E-state index is 0.140. The standard InChI is InChI=1S/C33H45N3O5/c1-7-32-15-11-17-34(20-23-13-9-8-10-14-23)28(38)25(32)26-29(39)36(24(21-37)19-22(2)3)27-30(40)35(31(4,5)6)18-12-16-33(26,27)41-32/h8-16,22,24-27,37H,7,17-21H2,1-6H3/t24-,25+,26+,27?,32-,33+/m1/s1. The molecule has 0 aromatic heterocycles. The Morgan fingerprint density at radius 2 is 1.66 bits per heavy atom. The second-order valence-electron chi connectivity index (χ2n) is 13.5. The molecule has 0 aliphatic carbocycles. The van der Waals surface area contributed by atoms with Gasteiger partial charge in [-0.05, 0) is 45.1 Å². The first kappa shape index (κ1) is 29.5. The highest BCUT2D eigenvalue weighted by molar-refractivity contribution is 6.00. The highest BCUT2D eigenvalue weighted by Crippen LogP contribution is 2.59. The molecule has 2 fully saturated rings. The lowest BCUT2D eigenvalue weighted by molar-refractivity contribution is -0.160. The molecule has 4 aliphatic heterocycles. The third-order valence-corrected chi connectivity index (χ3v) is 9.33. The van der Waals surface area contributed by atoms with Gasteiger partial charge in [0.05, 0.1) is 30.1 Å². The summed E-state index contributed by atoms with van der Waals surface area (Å²) in [5.41, 5.74) is -1.84. The van der Waals surface area contributed by atoms with E-state index in [1.165, 1.54) is 0 Å². The van der Waals surface area contributed by atoms with Gasteiger partial charge in [0.25, 0.3) is 0 Å². The number of likely N-dealkylation sites (tertiary alicyclic amines) is 1. The Hall–Kier alpha value is -2.97. The van der Waals surface area contributed by atoms with Gasteiger partial charge >= 0.3 is 0 Å². The molecule has 0 bridgehead atoms. The number of hydrogen-bond donors (Lipinski definition) is 1. The van der Waals surface area contributed by atoms with E-state index >= 15 is 0 Å². The van der Waals surface area contributed by atoms with E-state index in [0.29, 0.717) is 32.5 Å². The molecule has 1 spiro atoms. The highest BCUT2D eigenvalue weighted by atomic mass is 16.5. The number of carbonyl (C=O) groups excluding carboxylic acids is 3. The molecule has 222 valence electrons. The Kier molecular flexibility index (Phi) is 7.70. The summed E-state index contributed by atoms with van der Waals surface area (Å²) in [4.78, 5) is 49.0. The minimum atomic E-state index is -1.32. The molecular formula is C33H45N3O5. The van der Waals surface area contributed by atoms with Gasteiger partial charge in [-0.15, -0.1) is 0 Å². The smallest absolute Gasteiger partial charge is 0.249 e. The van der Waals surface area contributed by atoms with Crippen molar-refractivity contribution in [3.05, 3.63) is 60.2 Å². The average Bonchev–Trinajstić information content (AvgIpc) is 3.22. The molecule has 4 heterocycles. The number of rotatable bonds is 7. The van der Waals surface area contributed by atoms with Crippen molar-refractivity contribution >= 4 is 17.7 Å². The Balaban J connectivity index is 1.66. The fraction of sp³-hybridized carbons (Fsp3) is 0.606. The second-order valence-corrected chi connectivity index (χ2v) is 13.5. The van der Waals surface area contributed by atoms with Gasteiger partial charge in [-0.25, -0.2) is 0 Å². The summed E-state index contributed by atoms with van der Waals surface area (Å²) >= 11 is 0. The van der Waals surface area contributed by atoms with Crippen LogP contribution in [0.5, 0.6) is 0 Å². The van der Waals surface area contributed by atoms with E-state index in [0.717, 1.165) is 5.56 Å². The second kappa shape index (κ2) is 10.7. The first-order valence-corrected chi connectivity index (χ1v) is 15.0. The molecule has 8 nitrogen and oxygen atoms in total. The Labute approximate surface area is 244 Å². The van der Waals surface area contributed by atoms with Crippen molar-refractivity contribution in [3.8, 4) is 0 Å². The number of fused-ring (bicyclic) bond motifs is 2. The molecule has 4 aliphatic rings. The molecule has 6 atom stereocenters. The van der Waals surface area contributed by atoms with E-state index in [4.69, 9.17) is 4.74 Å². The average molecular weight is 564 g/mol. The van der Waals surface area contributed by atoms with Gasteiger partial charge < -0.3 is 24.5 Å². The first-order valence-electron chi connectivity index (χ1n) is 15.0. The zero-order valence-electron chi connectivity index (χ0n) is 25.2. The molecule has 1 aromatic rings. The Bertz CT molecular complexity index is 1240. The van der Waals surface area contributed by atoms with Gasteiger partial charge in [0.2, 0.25) is 17.7 Å². The van der Waals surface area contributed by atoms with Gasteiger partial charge in [-0.3, -0.25) is 14.4 Å². The van der Waals surface area contributed by atoms with E-state index < -0.39 is 40.7 Å². The lowest BCUT2D eigenvalue weighted by Crippen LogP contribution is -2.61. The predicted molar refractivity (Wildman–Crippen MR) is 156 cm³/mol. The van der Waals surface area contributed by atoms with Crippen LogP contribution in [-0.4, -0.2) is 86.0 Å². The van der Waals surface area contributed by atoms with Crippen molar-refractivity contribution in [2.24, 2.45) is 17.8 Å². The van der Waals surface area contributed by atoms with Crippen LogP contribution in [-0.2, 0) is 25.7 Å². The van der Waals surface area contributed by atoms with Gasteiger partial charge in [0.15, 0.2) is 0 Å². The summed E-state index contributed by atoms with van der Waals surface area (Å²) in [6, 6.07) is 8.29. The van der Waals surface area contributed by atoms with Gasteiger partial charge in [-0.2, -0.15) is 0 Å². The first-order chi connectivity index (χ1) is 19.4. The summed E-state index contributed by atoms with van der Waals surface area (Å²) in [5.74, 6) is -2.13. The fourth-order valence-corrected chi connectivity index (χ4v) is 7.51. The molecule has 2 saturated heterocycles. The number of amides is 3. The predicted octanol–water partition coefficient (Wildman–Crippen LogP) is 3.55. The molecule has 1 aromatic carbocycles. The third-order valence-electron chi connectivity index (χ3n) is 9.33. The summed E-state index contributed by atoms with van der Waals surface area (Å²) in [5, 5.41) is 10.6. The number of hydrogen-bond acceptors (Lipinski definition) is 5. The van der Waals surface area contributed by atoms with E-state index in [1.54, 1.807) is 14.7 Å². The quantitative estimate of drug-likeness (QED) is 0.513. The van der Waals surface area contributed by atoms with Crippen molar-refractivity contribution < 1.29 is 24.2 Å². The van der Waals surface area contributed by atoms with Crippen LogP contribution in [0.25, 0.3) is 0 Å². The summed E-state index contributed by atoms with van der Waals surface area (Å²) in [7, 11) is 0. The van der Waals surface area contributed by atoms with Crippen LogP contribution in [0.4, 0.5) is 0 Å². The molecule has 0 radical (unpaired) electrons. The topological polar surface area (TPSA) is 90.4 Å². The maximum atomic E-state index is 14.7. The van der Waals surface area contributed by atoms with Crippen molar-refractivity contribution in [2.45, 2.75) is 89.8 Å². The van der Waals surface area contributed by atoms with Crippen LogP contribution in [0.15, 0.2) is 54.6 Å². The van der Waals surface area contributed by atoms with Crippen molar-refractivity contribution in [3.63, 3.8) is 0 Å². The number of aliphatic hydroxyl groups excluding tert-OH is 1. The Morgan fingerprint density at radius 1 is 0.976 bits per heavy atom. The van der Waals surface area contributed by atoms with E-state index in [9.17, 15) is 19.5 Å². The third kappa shape index (κ3) is 4.73. The highest BCUT2D eigenvalue weighted by Gasteiger charge is 2.76. The maximum Gasteiger partial charge on any atom is 0.249 e. The monoisotopic (exact) mass is 563 g/mol. The van der Waals surface area contributed by atoms with E-state index in [1.807, 2.05) is 96.2 Å². The maximum absolute atomic E-state index is 14.7. The van der Waals surface area contributed by atoms with Crippen molar-refractivity contribution in [1.29, 1.82) is 0 Å². The van der Waals surface area contributed by atoms with Gasteiger partial charge in [0, 0.05) is 25.2 Å². The van der Waals surface area contributed by atoms with E-state index in [2.05, 4.69) is 0 Å². The number of benzene rings is 1. The summed E-state index contributed by atoms with van der Waals surface area (Å²) < 4.78 is 7.07. The normalized spacial score (nSPS) is 32.2. The SMILES string of the molecule is CC[C@@]12C=CCN(Cc3ccccc3)C(=O)[C@@H]1[C@H]1C(=O)N([C@@H](CO)CC(C)C)C3C(=O)N(C(C)(C)C)CC=C[C@@]31O2. The number of carbonyl (C=O) groups is 3. The molecule has 5 rings (SSSR count). The molecule has 41 heavy (non-hydrogen) atoms. The molecule has 0 saturated carbocycles. The van der Waals surface area contributed by atoms with Gasteiger partial charge in [-0.1, -0.05) is 75.4 Å². The molecule has 8 heteroatoms. The summed E-state index contributed by atoms with van der Waals surface area (Å²) in [6.45, 7) is 12.9. The molecular weight excluding hydrogens is 518 g/mol. The van der Waals surface area contributed by atoms with Crippen LogP contribution in [0, 0.1) is 17.8 Å². The lowest BCUT2D eigenvalue weighted by atomic mass is 9.73. The number of aliphatic hydroxyl groups is 1. The fourth-order valence-electron chi connectivity index (χ4n) is 7.51. The van der Waals surface area contributed by atoms with Crippen LogP contribution < -0.4 is 0 Å². The minimum Gasteiger partial charge on any atom is -0.394 e. The van der Waals surface area contributed by atoms with Crippen molar-refractivity contribution in [1.82, 2.24) is 14.7 Å². The zero-order chi connectivity index (χ0) is 29.7. The van der Waals surface area contributed by atoms with Crippen LogP contribution in [0.3, 0.4) is 0 Å². The van der Waals surface area contributed by atoms with Crippen molar-refractivity contribution in [2.75, 3.05) is 19.7 Å². The number of nitrogens with zero attached hydrogens (tertiary/aromatic N) is 3. The van der Waals surface area contributed by atoms with E-state index in [-0.39, 0.29) is 30.2 Å². The lowest BCUT2D eigenvalue weighted by Gasteiger charge is -2.43. The molecule has 3 amide bonds. The van der Waals surface area contributed by atoms with Crippen LogP contribution in [0.1, 0.15) is 59.9 Å². The molecule has 1 unspecified atom stereocenters. The zero-order valence-corrected chi connectivity index (χ0v) is 25.2. The Morgan fingerprint density at radius 3 is 2.27 bits per heavy atom. The van der Waals surface area contributed by atoms with Crippen LogP contribution in [0.2, 0.25) is 0 Å². The largest absolute Gasteiger partial charge is 0.394 e. The van der Waals surface area contributed by atoms with Crippen LogP contribution >= 0.6 is 0 Å².